The molecular weight excluding hydrogens is 428 g/mol. The molecule has 0 bridgehead atoms. The second-order valence-corrected chi connectivity index (χ2v) is 7.27. The minimum Gasteiger partial charge on any atom is -0.467 e. The Balaban J connectivity index is 1.64. The Morgan fingerprint density at radius 3 is 2.44 bits per heavy atom. The topological polar surface area (TPSA) is 84.4 Å². The number of nitrogens with zero attached hydrogens (tertiary/aromatic N) is 3. The van der Waals surface area contributed by atoms with Crippen LogP contribution in [0.15, 0.2) is 73.1 Å². The van der Waals surface area contributed by atoms with E-state index in [1.807, 2.05) is 48.4 Å². The van der Waals surface area contributed by atoms with Gasteiger partial charge in [0.25, 0.3) is 5.91 Å². The van der Waals surface area contributed by atoms with Crippen molar-refractivity contribution in [3.63, 3.8) is 0 Å². The molecule has 32 heavy (non-hydrogen) atoms. The highest BCUT2D eigenvalue weighted by molar-refractivity contribution is 6.33. The van der Waals surface area contributed by atoms with Gasteiger partial charge >= 0.3 is 5.97 Å². The monoisotopic (exact) mass is 450 g/mol. The first kappa shape index (κ1) is 23.0. The summed E-state index contributed by atoms with van der Waals surface area (Å²) in [6.07, 6.45) is 7.34. The predicted octanol–water partition coefficient (Wildman–Crippen LogP) is 4.27. The van der Waals surface area contributed by atoms with Crippen LogP contribution in [0, 0.1) is 0 Å². The van der Waals surface area contributed by atoms with Crippen molar-refractivity contribution in [2.24, 2.45) is 0 Å². The highest BCUT2D eigenvalue weighted by atomic mass is 35.5. The number of aromatic nitrogens is 2. The Labute approximate surface area is 191 Å². The third-order valence-electron chi connectivity index (χ3n) is 4.72. The van der Waals surface area contributed by atoms with Gasteiger partial charge in [-0.15, -0.1) is 0 Å². The third kappa shape index (κ3) is 5.92. The second-order valence-electron chi connectivity index (χ2n) is 6.87. The van der Waals surface area contributed by atoms with Crippen molar-refractivity contribution in [2.45, 2.75) is 12.5 Å². The Hall–Kier alpha value is -3.71. The molecule has 0 aliphatic heterocycles. The molecule has 1 heterocycles. The fourth-order valence-corrected chi connectivity index (χ4v) is 3.19. The van der Waals surface area contributed by atoms with Crippen molar-refractivity contribution in [2.75, 3.05) is 19.1 Å². The Kier molecular flexibility index (Phi) is 7.94. The average molecular weight is 451 g/mol. The van der Waals surface area contributed by atoms with Crippen LogP contribution >= 0.6 is 11.6 Å². The Bertz CT molecular complexity index is 1090. The van der Waals surface area contributed by atoms with Crippen molar-refractivity contribution >= 4 is 41.2 Å². The van der Waals surface area contributed by atoms with E-state index in [1.54, 1.807) is 42.7 Å². The number of ether oxygens (including phenoxy) is 1. The van der Waals surface area contributed by atoms with Gasteiger partial charge in [-0.05, 0) is 42.3 Å². The number of carbonyl (C=O) groups excluding carboxylic acids is 2. The van der Waals surface area contributed by atoms with E-state index >= 15 is 0 Å². The van der Waals surface area contributed by atoms with Gasteiger partial charge in [0.2, 0.25) is 5.95 Å². The standard InChI is InChI=1S/C24H23ClN4O3/c1-29(24-26-15-6-16-27-24)18-13-11-17(12-14-18)7-5-10-21(23(31)32-2)28-22(30)19-8-3-4-9-20(19)25/h3-9,11-16,21H,10H2,1-2H3,(H,28,30)/b7-5+/t21-/m0/s1. The maximum atomic E-state index is 12.5. The number of amides is 1. The smallest absolute Gasteiger partial charge is 0.328 e. The van der Waals surface area contributed by atoms with Gasteiger partial charge in [0.05, 0.1) is 17.7 Å². The molecule has 8 heteroatoms. The molecule has 0 spiro atoms. The van der Waals surface area contributed by atoms with E-state index in [4.69, 9.17) is 16.3 Å². The summed E-state index contributed by atoms with van der Waals surface area (Å²) in [5.74, 6) is -0.365. The lowest BCUT2D eigenvalue weighted by atomic mass is 10.1. The molecule has 1 aromatic heterocycles. The fourth-order valence-electron chi connectivity index (χ4n) is 2.97. The molecule has 7 nitrogen and oxygen atoms in total. The fraction of sp³-hybridized carbons (Fsp3) is 0.167. The van der Waals surface area contributed by atoms with Crippen molar-refractivity contribution in [3.05, 3.63) is 89.2 Å². The van der Waals surface area contributed by atoms with Crippen LogP contribution in [0.3, 0.4) is 0 Å². The number of rotatable bonds is 8. The van der Waals surface area contributed by atoms with E-state index in [9.17, 15) is 9.59 Å². The summed E-state index contributed by atoms with van der Waals surface area (Å²) in [4.78, 5) is 35.0. The van der Waals surface area contributed by atoms with Gasteiger partial charge < -0.3 is 15.0 Å². The number of hydrogen-bond donors (Lipinski definition) is 1. The molecule has 0 fully saturated rings. The molecule has 1 N–H and O–H groups in total. The molecule has 0 aliphatic rings. The van der Waals surface area contributed by atoms with Gasteiger partial charge in [0, 0.05) is 25.1 Å². The van der Waals surface area contributed by atoms with Crippen LogP contribution in [0.2, 0.25) is 5.02 Å². The van der Waals surface area contributed by atoms with Gasteiger partial charge in [-0.2, -0.15) is 0 Å². The minimum atomic E-state index is -0.833. The summed E-state index contributed by atoms with van der Waals surface area (Å²) in [6.45, 7) is 0. The lowest BCUT2D eigenvalue weighted by Crippen LogP contribution is -2.41. The summed E-state index contributed by atoms with van der Waals surface area (Å²) >= 11 is 6.07. The van der Waals surface area contributed by atoms with Crippen LogP contribution < -0.4 is 10.2 Å². The maximum absolute atomic E-state index is 12.5. The molecule has 164 valence electrons. The Morgan fingerprint density at radius 1 is 1.09 bits per heavy atom. The predicted molar refractivity (Wildman–Crippen MR) is 125 cm³/mol. The number of esters is 1. The third-order valence-corrected chi connectivity index (χ3v) is 5.05. The number of hydrogen-bond acceptors (Lipinski definition) is 6. The van der Waals surface area contributed by atoms with E-state index < -0.39 is 17.9 Å². The van der Waals surface area contributed by atoms with Crippen LogP contribution in [-0.2, 0) is 9.53 Å². The van der Waals surface area contributed by atoms with E-state index in [0.717, 1.165) is 11.3 Å². The first-order valence-electron chi connectivity index (χ1n) is 9.90. The summed E-state index contributed by atoms with van der Waals surface area (Å²) in [7, 11) is 3.18. The zero-order valence-corrected chi connectivity index (χ0v) is 18.5. The molecule has 0 saturated heterocycles. The van der Waals surface area contributed by atoms with Crippen LogP contribution in [0.5, 0.6) is 0 Å². The first-order valence-corrected chi connectivity index (χ1v) is 10.3. The molecule has 1 amide bonds. The van der Waals surface area contributed by atoms with Gasteiger partial charge in [0.15, 0.2) is 0 Å². The molecule has 3 aromatic rings. The number of anilines is 2. The normalized spacial score (nSPS) is 11.7. The molecule has 0 aliphatic carbocycles. The Morgan fingerprint density at radius 2 is 1.78 bits per heavy atom. The first-order chi connectivity index (χ1) is 15.5. The highest BCUT2D eigenvalue weighted by Gasteiger charge is 2.21. The molecule has 1 atom stereocenters. The number of methoxy groups -OCH3 is 1. The number of benzene rings is 2. The molecule has 0 unspecified atom stereocenters. The molecular formula is C24H23ClN4O3. The van der Waals surface area contributed by atoms with E-state index in [-0.39, 0.29) is 6.42 Å². The molecule has 3 rings (SSSR count). The van der Waals surface area contributed by atoms with Crippen LogP contribution in [0.4, 0.5) is 11.6 Å². The summed E-state index contributed by atoms with van der Waals surface area (Å²) in [5, 5.41) is 3.00. The lowest BCUT2D eigenvalue weighted by Gasteiger charge is -2.17. The van der Waals surface area contributed by atoms with Crippen LogP contribution in [0.25, 0.3) is 6.08 Å². The zero-order chi connectivity index (χ0) is 22.9. The minimum absolute atomic E-state index is 0.266. The maximum Gasteiger partial charge on any atom is 0.328 e. The van der Waals surface area contributed by atoms with E-state index in [1.165, 1.54) is 7.11 Å². The number of halogens is 1. The molecule has 2 aromatic carbocycles. The lowest BCUT2D eigenvalue weighted by molar-refractivity contribution is -0.142. The van der Waals surface area contributed by atoms with Crippen molar-refractivity contribution in [1.82, 2.24) is 15.3 Å². The number of nitrogens with one attached hydrogen (secondary N) is 1. The van der Waals surface area contributed by atoms with Gasteiger partial charge in [-0.1, -0.05) is 48.0 Å². The van der Waals surface area contributed by atoms with Gasteiger partial charge in [-0.3, -0.25) is 4.79 Å². The zero-order valence-electron chi connectivity index (χ0n) is 17.7. The molecule has 0 radical (unpaired) electrons. The largest absolute Gasteiger partial charge is 0.467 e. The highest BCUT2D eigenvalue weighted by Crippen LogP contribution is 2.20. The van der Waals surface area contributed by atoms with E-state index in [2.05, 4.69) is 15.3 Å². The summed E-state index contributed by atoms with van der Waals surface area (Å²) < 4.78 is 4.83. The average Bonchev–Trinajstić information content (AvgIpc) is 2.83. The molecule has 0 saturated carbocycles. The summed E-state index contributed by atoms with van der Waals surface area (Å²) in [6, 6.07) is 15.4. The second kappa shape index (κ2) is 11.1. The SMILES string of the molecule is COC(=O)[C@H](C/C=C/c1ccc(N(C)c2ncccn2)cc1)NC(=O)c1ccccc1Cl. The van der Waals surface area contributed by atoms with Crippen LogP contribution in [0.1, 0.15) is 22.3 Å². The quantitative estimate of drug-likeness (QED) is 0.516. The van der Waals surface area contributed by atoms with Crippen LogP contribution in [-0.4, -0.2) is 42.0 Å². The summed E-state index contributed by atoms with van der Waals surface area (Å²) in [5.41, 5.74) is 2.18. The van der Waals surface area contributed by atoms with Gasteiger partial charge in [0.1, 0.15) is 6.04 Å². The van der Waals surface area contributed by atoms with E-state index in [0.29, 0.717) is 16.5 Å². The number of carbonyl (C=O) groups is 2. The van der Waals surface area contributed by atoms with Crippen molar-refractivity contribution < 1.29 is 14.3 Å². The van der Waals surface area contributed by atoms with Gasteiger partial charge in [-0.25, -0.2) is 14.8 Å². The van der Waals surface area contributed by atoms with Crippen molar-refractivity contribution in [1.29, 1.82) is 0 Å². The van der Waals surface area contributed by atoms with Crippen molar-refractivity contribution in [3.8, 4) is 0 Å².